The SMILES string of the molecule is COc1ccc(/C(N)=C/N(N)c2cc(C(=O)Nc3cc(C(C)(C)C)cc(NS(C)(=O)=O)c3OC)ccc2C)cn1. The molecule has 0 fully saturated rings. The molecule has 40 heavy (non-hydrogen) atoms. The summed E-state index contributed by atoms with van der Waals surface area (Å²) in [6.07, 6.45) is 4.15. The van der Waals surface area contributed by atoms with Crippen molar-refractivity contribution in [3.63, 3.8) is 0 Å². The topological polar surface area (TPSA) is 162 Å². The first kappa shape index (κ1) is 30.3. The van der Waals surface area contributed by atoms with Gasteiger partial charge in [0.05, 0.1) is 43.2 Å². The minimum absolute atomic E-state index is 0.184. The van der Waals surface area contributed by atoms with Crippen molar-refractivity contribution in [3.05, 3.63) is 77.1 Å². The standard InChI is InChI=1S/C28H36N6O5S/c1-17-8-9-18(12-24(17)34(30)16-21(29)19-10-11-25(38-5)31-15-19)27(35)32-22-13-20(28(2,3)4)14-23(26(22)39-6)33-40(7,36)37/h8-16,33H,29-30H2,1-7H3,(H,32,35)/b21-16-. The van der Waals surface area contributed by atoms with Crippen LogP contribution in [0.3, 0.4) is 0 Å². The number of sulfonamides is 1. The first-order valence-electron chi connectivity index (χ1n) is 12.3. The maximum atomic E-state index is 13.4. The highest BCUT2D eigenvalue weighted by molar-refractivity contribution is 7.92. The zero-order chi connectivity index (χ0) is 29.8. The molecule has 0 radical (unpaired) electrons. The third-order valence-corrected chi connectivity index (χ3v) is 6.60. The van der Waals surface area contributed by atoms with Crippen LogP contribution in [0.5, 0.6) is 11.6 Å². The van der Waals surface area contributed by atoms with Crippen LogP contribution in [0.25, 0.3) is 5.70 Å². The molecule has 0 bridgehead atoms. The Balaban J connectivity index is 1.96. The van der Waals surface area contributed by atoms with Gasteiger partial charge in [0.2, 0.25) is 15.9 Å². The van der Waals surface area contributed by atoms with Gasteiger partial charge in [-0.2, -0.15) is 0 Å². The highest BCUT2D eigenvalue weighted by Gasteiger charge is 2.23. The average molecular weight is 569 g/mol. The number of amides is 1. The Morgan fingerprint density at radius 3 is 2.23 bits per heavy atom. The molecule has 0 spiro atoms. The molecule has 6 N–H and O–H groups in total. The molecule has 214 valence electrons. The zero-order valence-corrected chi connectivity index (χ0v) is 24.5. The molecule has 1 heterocycles. The molecular formula is C28H36N6O5S. The molecule has 3 aromatic rings. The first-order valence-corrected chi connectivity index (χ1v) is 14.2. The molecule has 0 aliphatic carbocycles. The third-order valence-electron chi connectivity index (χ3n) is 6.01. The summed E-state index contributed by atoms with van der Waals surface area (Å²) < 4.78 is 37.1. The Morgan fingerprint density at radius 1 is 1.02 bits per heavy atom. The number of pyridine rings is 1. The average Bonchev–Trinajstić information content (AvgIpc) is 2.87. The summed E-state index contributed by atoms with van der Waals surface area (Å²) in [5.41, 5.74) is 9.89. The molecule has 0 unspecified atom stereocenters. The van der Waals surface area contributed by atoms with Gasteiger partial charge >= 0.3 is 0 Å². The lowest BCUT2D eigenvalue weighted by Gasteiger charge is -2.24. The molecule has 1 aromatic heterocycles. The second-order valence-corrected chi connectivity index (χ2v) is 12.0. The Hall–Kier alpha value is -4.29. The van der Waals surface area contributed by atoms with Crippen molar-refractivity contribution >= 4 is 38.7 Å². The lowest BCUT2D eigenvalue weighted by Crippen LogP contribution is -2.27. The van der Waals surface area contributed by atoms with Gasteiger partial charge in [-0.1, -0.05) is 26.8 Å². The van der Waals surface area contributed by atoms with Crippen molar-refractivity contribution in [1.29, 1.82) is 0 Å². The number of aromatic nitrogens is 1. The number of nitrogens with zero attached hydrogens (tertiary/aromatic N) is 2. The van der Waals surface area contributed by atoms with Crippen LogP contribution >= 0.6 is 0 Å². The predicted octanol–water partition coefficient (Wildman–Crippen LogP) is 3.97. The van der Waals surface area contributed by atoms with E-state index in [2.05, 4.69) is 15.0 Å². The number of hydrogen-bond donors (Lipinski definition) is 4. The number of hydrogen-bond acceptors (Lipinski definition) is 9. The summed E-state index contributed by atoms with van der Waals surface area (Å²) >= 11 is 0. The molecule has 11 nitrogen and oxygen atoms in total. The molecule has 0 saturated carbocycles. The molecule has 2 aromatic carbocycles. The van der Waals surface area contributed by atoms with Crippen LogP contribution in [-0.4, -0.2) is 39.8 Å². The first-order chi connectivity index (χ1) is 18.6. The number of methoxy groups -OCH3 is 2. The fraction of sp³-hybridized carbons (Fsp3) is 0.286. The van der Waals surface area contributed by atoms with E-state index in [-0.39, 0.29) is 16.9 Å². The van der Waals surface area contributed by atoms with E-state index in [0.717, 1.165) is 17.4 Å². The minimum Gasteiger partial charge on any atom is -0.492 e. The molecule has 0 aliphatic heterocycles. The van der Waals surface area contributed by atoms with E-state index in [1.807, 2.05) is 27.7 Å². The molecular weight excluding hydrogens is 532 g/mol. The number of hydrazine groups is 1. The maximum Gasteiger partial charge on any atom is 0.255 e. The Labute approximate surface area is 235 Å². The highest BCUT2D eigenvalue weighted by Crippen LogP contribution is 2.39. The monoisotopic (exact) mass is 568 g/mol. The van der Waals surface area contributed by atoms with Crippen LogP contribution in [-0.2, 0) is 15.4 Å². The van der Waals surface area contributed by atoms with E-state index in [4.69, 9.17) is 21.1 Å². The third kappa shape index (κ3) is 7.42. The largest absolute Gasteiger partial charge is 0.492 e. The second-order valence-electron chi connectivity index (χ2n) is 10.3. The number of nitrogens with one attached hydrogen (secondary N) is 2. The number of carbonyl (C=O) groups excluding carboxylic acids is 1. The normalized spacial score (nSPS) is 12.1. The fourth-order valence-electron chi connectivity index (χ4n) is 3.84. The van der Waals surface area contributed by atoms with Crippen LogP contribution < -0.4 is 36.1 Å². The molecule has 0 saturated heterocycles. The molecule has 12 heteroatoms. The molecule has 3 rings (SSSR count). The fourth-order valence-corrected chi connectivity index (χ4v) is 4.39. The van der Waals surface area contributed by atoms with Gasteiger partial charge in [-0.25, -0.2) is 19.2 Å². The number of ether oxygens (including phenoxy) is 2. The van der Waals surface area contributed by atoms with E-state index in [0.29, 0.717) is 34.1 Å². The van der Waals surface area contributed by atoms with Crippen molar-refractivity contribution < 1.29 is 22.7 Å². The van der Waals surface area contributed by atoms with Gasteiger partial charge < -0.3 is 20.5 Å². The van der Waals surface area contributed by atoms with E-state index in [1.165, 1.54) is 25.4 Å². The second kappa shape index (κ2) is 11.8. The van der Waals surface area contributed by atoms with Crippen molar-refractivity contribution in [2.24, 2.45) is 11.6 Å². The number of benzene rings is 2. The lowest BCUT2D eigenvalue weighted by atomic mass is 9.86. The van der Waals surface area contributed by atoms with Gasteiger partial charge in [0.1, 0.15) is 0 Å². The van der Waals surface area contributed by atoms with E-state index in [9.17, 15) is 13.2 Å². The number of carbonyl (C=O) groups is 1. The minimum atomic E-state index is -3.61. The Kier molecular flexibility index (Phi) is 8.96. The van der Waals surface area contributed by atoms with Crippen LogP contribution in [0.1, 0.15) is 47.8 Å². The van der Waals surface area contributed by atoms with Crippen molar-refractivity contribution in [2.75, 3.05) is 35.5 Å². The van der Waals surface area contributed by atoms with Crippen molar-refractivity contribution in [1.82, 2.24) is 4.98 Å². The Bertz CT molecular complexity index is 1530. The molecule has 1 amide bonds. The Morgan fingerprint density at radius 2 is 1.68 bits per heavy atom. The smallest absolute Gasteiger partial charge is 0.255 e. The van der Waals surface area contributed by atoms with Gasteiger partial charge in [0.15, 0.2) is 5.75 Å². The van der Waals surface area contributed by atoms with Crippen LogP contribution in [0.2, 0.25) is 0 Å². The number of aryl methyl sites for hydroxylation is 1. The van der Waals surface area contributed by atoms with E-state index in [1.54, 1.807) is 48.7 Å². The summed E-state index contributed by atoms with van der Waals surface area (Å²) in [5.74, 6) is 6.52. The summed E-state index contributed by atoms with van der Waals surface area (Å²) in [7, 11) is -0.682. The molecule has 0 aliphatic rings. The lowest BCUT2D eigenvalue weighted by molar-refractivity contribution is 0.102. The van der Waals surface area contributed by atoms with Crippen LogP contribution in [0.15, 0.2) is 54.9 Å². The zero-order valence-electron chi connectivity index (χ0n) is 23.7. The highest BCUT2D eigenvalue weighted by atomic mass is 32.2. The van der Waals surface area contributed by atoms with Crippen molar-refractivity contribution in [2.45, 2.75) is 33.1 Å². The van der Waals surface area contributed by atoms with Gasteiger partial charge in [-0.05, 0) is 53.8 Å². The van der Waals surface area contributed by atoms with Gasteiger partial charge in [0, 0.05) is 29.6 Å². The summed E-state index contributed by atoms with van der Waals surface area (Å²) in [6, 6.07) is 12.0. The quantitative estimate of drug-likeness (QED) is 0.221. The van der Waals surface area contributed by atoms with Crippen LogP contribution in [0, 0.1) is 6.92 Å². The van der Waals surface area contributed by atoms with Gasteiger partial charge in [-0.15, -0.1) is 0 Å². The maximum absolute atomic E-state index is 13.4. The summed E-state index contributed by atoms with van der Waals surface area (Å²) in [4.78, 5) is 17.6. The van der Waals surface area contributed by atoms with E-state index >= 15 is 0 Å². The van der Waals surface area contributed by atoms with Gasteiger partial charge in [-0.3, -0.25) is 14.5 Å². The van der Waals surface area contributed by atoms with Crippen LogP contribution in [0.4, 0.5) is 17.1 Å². The summed E-state index contributed by atoms with van der Waals surface area (Å²) in [6.45, 7) is 7.80. The predicted molar refractivity (Wildman–Crippen MR) is 159 cm³/mol. The van der Waals surface area contributed by atoms with E-state index < -0.39 is 15.9 Å². The van der Waals surface area contributed by atoms with Gasteiger partial charge in [0.25, 0.3) is 5.91 Å². The molecule has 0 atom stereocenters. The number of rotatable bonds is 9. The number of anilines is 3. The summed E-state index contributed by atoms with van der Waals surface area (Å²) in [5, 5.41) is 4.20. The number of nitrogens with two attached hydrogens (primary N) is 2. The van der Waals surface area contributed by atoms with Crippen molar-refractivity contribution in [3.8, 4) is 11.6 Å².